The Morgan fingerprint density at radius 1 is 1.33 bits per heavy atom. The van der Waals surface area contributed by atoms with Gasteiger partial charge in [0.05, 0.1) is 18.7 Å². The van der Waals surface area contributed by atoms with E-state index in [4.69, 9.17) is 4.74 Å². The standard InChI is InChI=1S/C19H19F2NO2/c1-12-16(4-3-5-17(12)21)19(18(23)24-2)7-6-13(9-19)14-8-15(20)11-22-10-14/h3-5,8,10-11,13H,6-7,9H2,1-2H3. The highest BCUT2D eigenvalue weighted by Crippen LogP contribution is 2.50. The van der Waals surface area contributed by atoms with Crippen molar-refractivity contribution in [1.29, 1.82) is 0 Å². The van der Waals surface area contributed by atoms with E-state index < -0.39 is 11.2 Å². The first-order valence-corrected chi connectivity index (χ1v) is 7.92. The van der Waals surface area contributed by atoms with E-state index in [0.29, 0.717) is 30.4 Å². The molecule has 0 N–H and O–H groups in total. The van der Waals surface area contributed by atoms with Gasteiger partial charge in [-0.15, -0.1) is 0 Å². The van der Waals surface area contributed by atoms with Crippen molar-refractivity contribution in [3.05, 3.63) is 65.0 Å². The first-order chi connectivity index (χ1) is 11.5. The molecule has 2 unspecified atom stereocenters. The molecule has 1 aliphatic rings. The van der Waals surface area contributed by atoms with Gasteiger partial charge in [0.25, 0.3) is 0 Å². The van der Waals surface area contributed by atoms with E-state index in [1.165, 1.54) is 19.2 Å². The molecule has 5 heteroatoms. The summed E-state index contributed by atoms with van der Waals surface area (Å²) in [7, 11) is 1.34. The van der Waals surface area contributed by atoms with Gasteiger partial charge in [0.15, 0.2) is 0 Å². The zero-order valence-corrected chi connectivity index (χ0v) is 13.7. The first-order valence-electron chi connectivity index (χ1n) is 7.92. The van der Waals surface area contributed by atoms with E-state index in [9.17, 15) is 13.6 Å². The molecule has 1 aromatic carbocycles. The number of pyridine rings is 1. The molecule has 1 saturated carbocycles. The molecule has 1 aliphatic carbocycles. The zero-order chi connectivity index (χ0) is 17.3. The van der Waals surface area contributed by atoms with Crippen molar-refractivity contribution in [2.45, 2.75) is 37.5 Å². The maximum absolute atomic E-state index is 14.0. The van der Waals surface area contributed by atoms with Gasteiger partial charge in [0, 0.05) is 6.20 Å². The van der Waals surface area contributed by atoms with Crippen LogP contribution in [0.4, 0.5) is 8.78 Å². The first kappa shape index (κ1) is 16.6. The van der Waals surface area contributed by atoms with Gasteiger partial charge < -0.3 is 4.74 Å². The summed E-state index contributed by atoms with van der Waals surface area (Å²) in [5.74, 6) is -1.13. The van der Waals surface area contributed by atoms with Gasteiger partial charge in [0.1, 0.15) is 11.6 Å². The normalized spacial score (nSPS) is 23.2. The van der Waals surface area contributed by atoms with Crippen LogP contribution in [0.5, 0.6) is 0 Å². The van der Waals surface area contributed by atoms with E-state index in [0.717, 1.165) is 11.8 Å². The van der Waals surface area contributed by atoms with Crippen LogP contribution in [0.15, 0.2) is 36.7 Å². The summed E-state index contributed by atoms with van der Waals surface area (Å²) >= 11 is 0. The number of esters is 1. The lowest BCUT2D eigenvalue weighted by Crippen LogP contribution is -2.35. The number of carbonyl (C=O) groups is 1. The van der Waals surface area contributed by atoms with Gasteiger partial charge in [-0.3, -0.25) is 9.78 Å². The van der Waals surface area contributed by atoms with Crippen LogP contribution < -0.4 is 0 Å². The van der Waals surface area contributed by atoms with Gasteiger partial charge in [-0.2, -0.15) is 0 Å². The predicted molar refractivity (Wildman–Crippen MR) is 85.6 cm³/mol. The average molecular weight is 331 g/mol. The summed E-state index contributed by atoms with van der Waals surface area (Å²) in [6.07, 6.45) is 4.46. The Hall–Kier alpha value is -2.30. The van der Waals surface area contributed by atoms with Crippen molar-refractivity contribution in [2.24, 2.45) is 0 Å². The Kier molecular flexibility index (Phi) is 4.35. The topological polar surface area (TPSA) is 39.2 Å². The number of ether oxygens (including phenoxy) is 1. The van der Waals surface area contributed by atoms with Crippen molar-refractivity contribution in [2.75, 3.05) is 7.11 Å². The number of nitrogens with zero attached hydrogens (tertiary/aromatic N) is 1. The molecule has 3 rings (SSSR count). The van der Waals surface area contributed by atoms with Crippen LogP contribution in [-0.2, 0) is 14.9 Å². The van der Waals surface area contributed by atoms with Crippen LogP contribution in [0, 0.1) is 18.6 Å². The summed E-state index contributed by atoms with van der Waals surface area (Å²) in [4.78, 5) is 16.5. The number of methoxy groups -OCH3 is 1. The van der Waals surface area contributed by atoms with Crippen LogP contribution in [0.3, 0.4) is 0 Å². The Morgan fingerprint density at radius 3 is 2.83 bits per heavy atom. The minimum absolute atomic E-state index is 0.0185. The molecule has 0 aliphatic heterocycles. The highest BCUT2D eigenvalue weighted by Gasteiger charge is 2.49. The third-order valence-corrected chi connectivity index (χ3v) is 5.07. The van der Waals surface area contributed by atoms with Crippen molar-refractivity contribution < 1.29 is 18.3 Å². The number of halogens is 2. The molecule has 0 spiro atoms. The van der Waals surface area contributed by atoms with Crippen molar-refractivity contribution in [3.63, 3.8) is 0 Å². The molecule has 0 bridgehead atoms. The minimum atomic E-state index is -0.905. The van der Waals surface area contributed by atoms with Crippen molar-refractivity contribution in [3.8, 4) is 0 Å². The second-order valence-corrected chi connectivity index (χ2v) is 6.36. The quantitative estimate of drug-likeness (QED) is 0.797. The molecule has 0 saturated heterocycles. The molecule has 3 nitrogen and oxygen atoms in total. The van der Waals surface area contributed by atoms with Crippen LogP contribution in [0.2, 0.25) is 0 Å². The van der Waals surface area contributed by atoms with E-state index >= 15 is 0 Å². The molecule has 24 heavy (non-hydrogen) atoms. The Morgan fingerprint density at radius 2 is 2.12 bits per heavy atom. The maximum atomic E-state index is 14.0. The Bertz CT molecular complexity index is 778. The summed E-state index contributed by atoms with van der Waals surface area (Å²) in [5.41, 5.74) is 0.967. The lowest BCUT2D eigenvalue weighted by molar-refractivity contribution is -0.147. The monoisotopic (exact) mass is 331 g/mol. The van der Waals surface area contributed by atoms with Crippen molar-refractivity contribution >= 4 is 5.97 Å². The summed E-state index contributed by atoms with van der Waals surface area (Å²) in [5, 5.41) is 0. The molecule has 0 amide bonds. The highest BCUT2D eigenvalue weighted by atomic mass is 19.1. The minimum Gasteiger partial charge on any atom is -0.468 e. The molecular weight excluding hydrogens is 312 g/mol. The number of benzene rings is 1. The van der Waals surface area contributed by atoms with Gasteiger partial charge in [0.2, 0.25) is 0 Å². The molecule has 2 atom stereocenters. The molecule has 0 radical (unpaired) electrons. The fourth-order valence-electron chi connectivity index (χ4n) is 3.84. The fourth-order valence-corrected chi connectivity index (χ4v) is 3.84. The number of carbonyl (C=O) groups excluding carboxylic acids is 1. The van der Waals surface area contributed by atoms with E-state index in [1.54, 1.807) is 25.3 Å². The maximum Gasteiger partial charge on any atom is 0.316 e. The number of hydrogen-bond donors (Lipinski definition) is 0. The predicted octanol–water partition coefficient (Wildman–Crippen LogP) is 4.05. The molecule has 1 heterocycles. The second kappa shape index (κ2) is 6.30. The average Bonchev–Trinajstić information content (AvgIpc) is 3.03. The second-order valence-electron chi connectivity index (χ2n) is 6.36. The SMILES string of the molecule is COC(=O)C1(c2cccc(F)c2C)CCC(c2cncc(F)c2)C1. The van der Waals surface area contributed by atoms with Crippen molar-refractivity contribution in [1.82, 2.24) is 4.98 Å². The van der Waals surface area contributed by atoms with Gasteiger partial charge >= 0.3 is 5.97 Å². The Balaban J connectivity index is 2.03. The van der Waals surface area contributed by atoms with Crippen LogP contribution in [0.25, 0.3) is 0 Å². The zero-order valence-electron chi connectivity index (χ0n) is 13.7. The fraction of sp³-hybridized carbons (Fsp3) is 0.368. The third kappa shape index (κ3) is 2.68. The number of hydrogen-bond acceptors (Lipinski definition) is 3. The van der Waals surface area contributed by atoms with Crippen LogP contribution in [-0.4, -0.2) is 18.1 Å². The molecule has 1 aromatic heterocycles. The summed E-state index contributed by atoms with van der Waals surface area (Å²) in [6.45, 7) is 1.67. The van der Waals surface area contributed by atoms with Gasteiger partial charge in [-0.25, -0.2) is 8.78 Å². The summed E-state index contributed by atoms with van der Waals surface area (Å²) < 4.78 is 32.5. The molecular formula is C19H19F2NO2. The smallest absolute Gasteiger partial charge is 0.316 e. The van der Waals surface area contributed by atoms with E-state index in [-0.39, 0.29) is 17.7 Å². The lowest BCUT2D eigenvalue weighted by Gasteiger charge is -2.29. The Labute approximate surface area is 139 Å². The summed E-state index contributed by atoms with van der Waals surface area (Å²) in [6, 6.07) is 6.22. The molecule has 2 aromatic rings. The lowest BCUT2D eigenvalue weighted by atomic mass is 9.75. The molecule has 126 valence electrons. The van der Waals surface area contributed by atoms with Crippen LogP contribution >= 0.6 is 0 Å². The van der Waals surface area contributed by atoms with E-state index in [1.807, 2.05) is 0 Å². The highest BCUT2D eigenvalue weighted by molar-refractivity contribution is 5.84. The van der Waals surface area contributed by atoms with Crippen LogP contribution in [0.1, 0.15) is 41.9 Å². The number of rotatable bonds is 3. The van der Waals surface area contributed by atoms with Gasteiger partial charge in [-0.05, 0) is 60.9 Å². The number of aromatic nitrogens is 1. The molecule has 1 fully saturated rings. The largest absolute Gasteiger partial charge is 0.468 e. The van der Waals surface area contributed by atoms with E-state index in [2.05, 4.69) is 4.98 Å². The van der Waals surface area contributed by atoms with Gasteiger partial charge in [-0.1, -0.05) is 12.1 Å². The third-order valence-electron chi connectivity index (χ3n) is 5.07.